The van der Waals surface area contributed by atoms with Crippen LogP contribution in [0.5, 0.6) is 0 Å². The van der Waals surface area contributed by atoms with E-state index < -0.39 is 12.5 Å². The highest BCUT2D eigenvalue weighted by atomic mass is 19.3. The van der Waals surface area contributed by atoms with E-state index in [4.69, 9.17) is 5.11 Å². The van der Waals surface area contributed by atoms with Crippen molar-refractivity contribution in [1.29, 1.82) is 0 Å². The number of halogens is 2. The summed E-state index contributed by atoms with van der Waals surface area (Å²) < 4.78 is 26.3. The molecule has 1 aromatic heterocycles. The van der Waals surface area contributed by atoms with Gasteiger partial charge in [-0.05, 0) is 13.0 Å². The highest BCUT2D eigenvalue weighted by molar-refractivity contribution is 5.69. The molecule has 20 heavy (non-hydrogen) atoms. The minimum atomic E-state index is -2.58. The van der Waals surface area contributed by atoms with Crippen molar-refractivity contribution in [2.24, 2.45) is 0 Å². The second kappa shape index (κ2) is 6.76. The van der Waals surface area contributed by atoms with E-state index in [1.54, 1.807) is 0 Å². The zero-order valence-corrected chi connectivity index (χ0v) is 11.1. The molecule has 1 fully saturated rings. The number of aliphatic carboxylic acids is 1. The van der Waals surface area contributed by atoms with Crippen molar-refractivity contribution in [3.8, 4) is 0 Å². The summed E-state index contributed by atoms with van der Waals surface area (Å²) in [6.45, 7) is 0.559. The van der Waals surface area contributed by atoms with Gasteiger partial charge in [-0.3, -0.25) is 19.2 Å². The van der Waals surface area contributed by atoms with Gasteiger partial charge in [0.1, 0.15) is 5.82 Å². The molecular formula is C12H18F2N4O2. The smallest absolute Gasteiger partial charge is 0.319 e. The first-order chi connectivity index (χ1) is 9.56. The summed E-state index contributed by atoms with van der Waals surface area (Å²) in [5, 5.41) is 8.78. The Balaban J connectivity index is 1.91. The van der Waals surface area contributed by atoms with Crippen molar-refractivity contribution in [2.75, 3.05) is 32.7 Å². The minimum absolute atomic E-state index is 0.0273. The molecule has 6 nitrogen and oxygen atoms in total. The predicted molar refractivity (Wildman–Crippen MR) is 67.4 cm³/mol. The highest BCUT2D eigenvalue weighted by Gasteiger charge is 2.19. The summed E-state index contributed by atoms with van der Waals surface area (Å²) in [5.74, 6) is -0.502. The first kappa shape index (κ1) is 14.9. The van der Waals surface area contributed by atoms with Crippen LogP contribution in [0.4, 0.5) is 8.78 Å². The molecule has 2 heterocycles. The third-order valence-corrected chi connectivity index (χ3v) is 3.36. The summed E-state index contributed by atoms with van der Waals surface area (Å²) >= 11 is 0. The Kier molecular flexibility index (Phi) is 5.02. The molecule has 0 aromatic carbocycles. The lowest BCUT2D eigenvalue weighted by Gasteiger charge is -2.20. The Morgan fingerprint density at radius 1 is 1.30 bits per heavy atom. The van der Waals surface area contributed by atoms with E-state index in [-0.39, 0.29) is 6.54 Å². The Morgan fingerprint density at radius 3 is 2.70 bits per heavy atom. The normalized spacial score (nSPS) is 18.4. The Bertz CT molecular complexity index is 452. The first-order valence-electron chi connectivity index (χ1n) is 6.52. The Hall–Kier alpha value is -1.54. The van der Waals surface area contributed by atoms with Gasteiger partial charge in [0.15, 0.2) is 0 Å². The maximum absolute atomic E-state index is 12.7. The molecule has 1 aliphatic heterocycles. The molecule has 2 rings (SSSR count). The van der Waals surface area contributed by atoms with Gasteiger partial charge in [0, 0.05) is 32.0 Å². The molecule has 0 atom stereocenters. The third kappa shape index (κ3) is 3.97. The first-order valence-corrected chi connectivity index (χ1v) is 6.52. The molecular weight excluding hydrogens is 270 g/mol. The quantitative estimate of drug-likeness (QED) is 0.871. The van der Waals surface area contributed by atoms with Crippen LogP contribution in [-0.2, 0) is 11.3 Å². The van der Waals surface area contributed by atoms with Gasteiger partial charge in [-0.2, -0.15) is 8.78 Å². The van der Waals surface area contributed by atoms with Crippen molar-refractivity contribution in [3.05, 3.63) is 18.2 Å². The van der Waals surface area contributed by atoms with Gasteiger partial charge in [0.25, 0.3) is 0 Å². The number of carboxylic acids is 1. The van der Waals surface area contributed by atoms with Gasteiger partial charge in [0.05, 0.1) is 13.1 Å². The van der Waals surface area contributed by atoms with Gasteiger partial charge in [-0.1, -0.05) is 0 Å². The predicted octanol–water partition coefficient (Wildman–Crippen LogP) is 0.870. The number of carboxylic acid groups (broad SMARTS) is 1. The fourth-order valence-electron chi connectivity index (χ4n) is 2.38. The van der Waals surface area contributed by atoms with Crippen LogP contribution in [0, 0.1) is 0 Å². The van der Waals surface area contributed by atoms with E-state index >= 15 is 0 Å². The van der Waals surface area contributed by atoms with Gasteiger partial charge in [0.2, 0.25) is 0 Å². The molecule has 0 saturated carbocycles. The lowest BCUT2D eigenvalue weighted by molar-refractivity contribution is -0.138. The standard InChI is InChI=1S/C12H18F2N4O2/c13-12(14)18-5-2-15-10(18)8-16-3-1-4-17(7-6-16)9-11(19)20/h2,5,12H,1,3-4,6-9H2,(H,19,20). The number of nitrogens with zero attached hydrogens (tertiary/aromatic N) is 4. The van der Waals surface area contributed by atoms with Crippen LogP contribution in [0.3, 0.4) is 0 Å². The molecule has 8 heteroatoms. The SMILES string of the molecule is O=C(O)CN1CCCN(Cc2nccn2C(F)F)CC1. The Labute approximate surface area is 115 Å². The van der Waals surface area contributed by atoms with Gasteiger partial charge in [-0.25, -0.2) is 4.98 Å². The summed E-state index contributed by atoms with van der Waals surface area (Å²) in [6.07, 6.45) is 3.47. The summed E-state index contributed by atoms with van der Waals surface area (Å²) in [4.78, 5) is 18.5. The highest BCUT2D eigenvalue weighted by Crippen LogP contribution is 2.15. The molecule has 0 amide bonds. The van der Waals surface area contributed by atoms with E-state index in [0.717, 1.165) is 17.5 Å². The van der Waals surface area contributed by atoms with E-state index in [1.165, 1.54) is 12.4 Å². The average Bonchev–Trinajstić information content (AvgIpc) is 2.72. The van der Waals surface area contributed by atoms with Crippen molar-refractivity contribution >= 4 is 5.97 Å². The number of carbonyl (C=O) groups is 1. The molecule has 1 N–H and O–H groups in total. The van der Waals surface area contributed by atoms with Crippen LogP contribution in [0.1, 0.15) is 18.8 Å². The lowest BCUT2D eigenvalue weighted by Crippen LogP contribution is -2.34. The molecule has 0 bridgehead atoms. The largest absolute Gasteiger partial charge is 0.480 e. The van der Waals surface area contributed by atoms with Crippen molar-refractivity contribution in [2.45, 2.75) is 19.5 Å². The molecule has 1 aromatic rings. The number of imidazole rings is 1. The van der Waals surface area contributed by atoms with E-state index in [1.807, 2.05) is 9.80 Å². The van der Waals surface area contributed by atoms with Crippen molar-refractivity contribution in [1.82, 2.24) is 19.4 Å². The van der Waals surface area contributed by atoms with Gasteiger partial charge < -0.3 is 5.11 Å². The van der Waals surface area contributed by atoms with Crippen LogP contribution < -0.4 is 0 Å². The molecule has 0 aliphatic carbocycles. The summed E-state index contributed by atoms with van der Waals surface area (Å²) in [5.41, 5.74) is 0. The number of hydrogen-bond acceptors (Lipinski definition) is 4. The zero-order valence-electron chi connectivity index (χ0n) is 11.1. The summed E-state index contributed by atoms with van der Waals surface area (Å²) in [7, 11) is 0. The lowest BCUT2D eigenvalue weighted by atomic mass is 10.3. The van der Waals surface area contributed by atoms with Crippen LogP contribution >= 0.6 is 0 Å². The van der Waals surface area contributed by atoms with E-state index in [9.17, 15) is 13.6 Å². The third-order valence-electron chi connectivity index (χ3n) is 3.36. The van der Waals surface area contributed by atoms with Crippen molar-refractivity contribution < 1.29 is 18.7 Å². The Morgan fingerprint density at radius 2 is 2.00 bits per heavy atom. The number of aromatic nitrogens is 2. The van der Waals surface area contributed by atoms with Crippen molar-refractivity contribution in [3.63, 3.8) is 0 Å². The zero-order chi connectivity index (χ0) is 14.5. The number of alkyl halides is 2. The number of hydrogen-bond donors (Lipinski definition) is 1. The molecule has 0 unspecified atom stereocenters. The fourth-order valence-corrected chi connectivity index (χ4v) is 2.38. The summed E-state index contributed by atoms with van der Waals surface area (Å²) in [6, 6.07) is 0. The molecule has 1 saturated heterocycles. The van der Waals surface area contributed by atoms with Gasteiger partial charge in [-0.15, -0.1) is 0 Å². The van der Waals surface area contributed by atoms with Crippen LogP contribution in [0.2, 0.25) is 0 Å². The maximum atomic E-state index is 12.7. The second-order valence-electron chi connectivity index (χ2n) is 4.83. The van der Waals surface area contributed by atoms with Crippen LogP contribution in [0.25, 0.3) is 0 Å². The van der Waals surface area contributed by atoms with Gasteiger partial charge >= 0.3 is 12.5 Å². The maximum Gasteiger partial charge on any atom is 0.319 e. The molecule has 0 radical (unpaired) electrons. The molecule has 112 valence electrons. The van der Waals surface area contributed by atoms with E-state index in [0.29, 0.717) is 32.0 Å². The average molecular weight is 288 g/mol. The number of rotatable bonds is 5. The van der Waals surface area contributed by atoms with Crippen LogP contribution in [-0.4, -0.2) is 63.2 Å². The fraction of sp³-hybridized carbons (Fsp3) is 0.667. The molecule has 0 spiro atoms. The minimum Gasteiger partial charge on any atom is -0.480 e. The second-order valence-corrected chi connectivity index (χ2v) is 4.83. The van der Waals surface area contributed by atoms with Crippen LogP contribution in [0.15, 0.2) is 12.4 Å². The molecule has 1 aliphatic rings. The topological polar surface area (TPSA) is 61.6 Å². The monoisotopic (exact) mass is 288 g/mol. The van der Waals surface area contributed by atoms with E-state index in [2.05, 4.69) is 4.98 Å².